The van der Waals surface area contributed by atoms with E-state index in [1.165, 1.54) is 0 Å². The van der Waals surface area contributed by atoms with Crippen molar-refractivity contribution in [3.05, 3.63) is 0 Å². The van der Waals surface area contributed by atoms with Gasteiger partial charge in [0.2, 0.25) is 5.91 Å². The van der Waals surface area contributed by atoms with Gasteiger partial charge < -0.3 is 10.1 Å². The molecule has 2 unspecified atom stereocenters. The van der Waals surface area contributed by atoms with Crippen molar-refractivity contribution in [1.29, 1.82) is 0 Å². The number of carbonyl (C=O) groups is 2. The minimum absolute atomic E-state index is 0.0161. The van der Waals surface area contributed by atoms with Gasteiger partial charge in [0, 0.05) is 14.5 Å². The second kappa shape index (κ2) is 6.17. The largest absolute Gasteiger partial charge is 0.466 e. The van der Waals surface area contributed by atoms with E-state index in [0.29, 0.717) is 19.4 Å². The summed E-state index contributed by atoms with van der Waals surface area (Å²) >= 11 is 2.11. The lowest BCUT2D eigenvalue weighted by Crippen LogP contribution is -2.59. The standard InChI is InChI=1S/C11H20INO3Si/c1-17(2,3)7-6-16-9(14)5-4-8-10(12)11(15)13-8/h8,10H,4-7H2,1-3H3,(H,13,15). The van der Waals surface area contributed by atoms with E-state index in [1.54, 1.807) is 0 Å². The van der Waals surface area contributed by atoms with Crippen molar-refractivity contribution in [2.24, 2.45) is 0 Å². The van der Waals surface area contributed by atoms with Gasteiger partial charge in [0.15, 0.2) is 0 Å². The smallest absolute Gasteiger partial charge is 0.305 e. The molecule has 1 saturated heterocycles. The van der Waals surface area contributed by atoms with Crippen LogP contribution in [-0.2, 0) is 14.3 Å². The molecule has 1 N–H and O–H groups in total. The fraction of sp³-hybridized carbons (Fsp3) is 0.818. The quantitative estimate of drug-likeness (QED) is 0.256. The summed E-state index contributed by atoms with van der Waals surface area (Å²) in [6.45, 7) is 7.31. The van der Waals surface area contributed by atoms with E-state index in [0.717, 1.165) is 6.04 Å². The van der Waals surface area contributed by atoms with Gasteiger partial charge in [0.1, 0.15) is 3.92 Å². The van der Waals surface area contributed by atoms with Gasteiger partial charge in [-0.15, -0.1) is 0 Å². The fourth-order valence-corrected chi connectivity index (χ4v) is 2.89. The van der Waals surface area contributed by atoms with E-state index < -0.39 is 8.07 Å². The van der Waals surface area contributed by atoms with E-state index in [4.69, 9.17) is 4.74 Å². The number of ether oxygens (including phenoxy) is 1. The van der Waals surface area contributed by atoms with E-state index in [-0.39, 0.29) is 21.8 Å². The molecule has 0 aromatic carbocycles. The van der Waals surface area contributed by atoms with Crippen molar-refractivity contribution in [3.8, 4) is 0 Å². The Hall–Kier alpha value is -0.113. The molecule has 0 bridgehead atoms. The molecule has 4 nitrogen and oxygen atoms in total. The minimum Gasteiger partial charge on any atom is -0.466 e. The molecule has 2 atom stereocenters. The summed E-state index contributed by atoms with van der Waals surface area (Å²) < 4.78 is 5.20. The highest BCUT2D eigenvalue weighted by atomic mass is 127. The Bertz CT molecular complexity index is 304. The average molecular weight is 369 g/mol. The van der Waals surface area contributed by atoms with E-state index >= 15 is 0 Å². The zero-order valence-electron chi connectivity index (χ0n) is 10.6. The van der Waals surface area contributed by atoms with Gasteiger partial charge in [-0.25, -0.2) is 0 Å². The van der Waals surface area contributed by atoms with Crippen molar-refractivity contribution in [2.45, 2.75) is 48.5 Å². The van der Waals surface area contributed by atoms with Crippen LogP contribution >= 0.6 is 22.6 Å². The minimum atomic E-state index is -1.12. The summed E-state index contributed by atoms with van der Waals surface area (Å²) in [6, 6.07) is 1.15. The van der Waals surface area contributed by atoms with Crippen LogP contribution in [-0.4, -0.2) is 36.5 Å². The number of hydrogen-bond donors (Lipinski definition) is 1. The van der Waals surface area contributed by atoms with Crippen molar-refractivity contribution >= 4 is 42.5 Å². The van der Waals surface area contributed by atoms with E-state index in [2.05, 4.69) is 47.5 Å². The number of nitrogens with one attached hydrogen (secondary N) is 1. The molecule has 1 rings (SSSR count). The number of amides is 1. The molecule has 1 aliphatic rings. The maximum absolute atomic E-state index is 11.4. The summed E-state index contributed by atoms with van der Waals surface area (Å²) in [5.74, 6) is -0.0734. The third kappa shape index (κ3) is 5.37. The Morgan fingerprint density at radius 1 is 1.47 bits per heavy atom. The van der Waals surface area contributed by atoms with Crippen molar-refractivity contribution in [2.75, 3.05) is 6.61 Å². The third-order valence-electron chi connectivity index (χ3n) is 2.71. The molecule has 6 heteroatoms. The van der Waals surface area contributed by atoms with Gasteiger partial charge in [-0.1, -0.05) is 42.2 Å². The fourth-order valence-electron chi connectivity index (χ4n) is 1.46. The number of rotatable bonds is 6. The first-order valence-corrected chi connectivity index (χ1v) is 10.8. The third-order valence-corrected chi connectivity index (χ3v) is 5.84. The summed E-state index contributed by atoms with van der Waals surface area (Å²) in [4.78, 5) is 22.4. The zero-order valence-corrected chi connectivity index (χ0v) is 13.7. The molecule has 0 saturated carbocycles. The summed E-state index contributed by atoms with van der Waals surface area (Å²) in [5, 5.41) is 2.78. The van der Waals surface area contributed by atoms with Crippen LogP contribution in [0.1, 0.15) is 12.8 Å². The number of hydrogen-bond acceptors (Lipinski definition) is 3. The van der Waals surface area contributed by atoms with Crippen LogP contribution in [0.15, 0.2) is 0 Å². The molecular formula is C11H20INO3Si. The Morgan fingerprint density at radius 3 is 2.59 bits per heavy atom. The van der Waals surface area contributed by atoms with Crippen LogP contribution in [0.25, 0.3) is 0 Å². The number of halogens is 1. The number of carbonyl (C=O) groups excluding carboxylic acids is 2. The Labute approximate surface area is 117 Å². The SMILES string of the molecule is C[Si](C)(C)CCOC(=O)CCC1NC(=O)C1I. The van der Waals surface area contributed by atoms with Crippen molar-refractivity contribution < 1.29 is 14.3 Å². The molecule has 0 aliphatic carbocycles. The molecule has 0 spiro atoms. The first-order chi connectivity index (χ1) is 7.79. The molecule has 1 aliphatic heterocycles. The van der Waals surface area contributed by atoms with Gasteiger partial charge in [0.05, 0.1) is 12.6 Å². The maximum atomic E-state index is 11.4. The lowest BCUT2D eigenvalue weighted by molar-refractivity contribution is -0.144. The highest BCUT2D eigenvalue weighted by molar-refractivity contribution is 14.1. The number of β-lactam (4-membered cyclic amide) rings is 1. The highest BCUT2D eigenvalue weighted by Crippen LogP contribution is 2.20. The van der Waals surface area contributed by atoms with E-state index in [1.807, 2.05) is 0 Å². The monoisotopic (exact) mass is 369 g/mol. The highest BCUT2D eigenvalue weighted by Gasteiger charge is 2.36. The molecule has 17 heavy (non-hydrogen) atoms. The summed E-state index contributed by atoms with van der Waals surface area (Å²) in [6.07, 6.45) is 1.08. The van der Waals surface area contributed by atoms with Gasteiger partial charge in [-0.2, -0.15) is 0 Å². The van der Waals surface area contributed by atoms with Crippen LogP contribution in [0, 0.1) is 0 Å². The van der Waals surface area contributed by atoms with Gasteiger partial charge in [0.25, 0.3) is 0 Å². The Balaban J connectivity index is 2.08. The lowest BCUT2D eigenvalue weighted by Gasteiger charge is -2.32. The van der Waals surface area contributed by atoms with Crippen LogP contribution in [0.3, 0.4) is 0 Å². The van der Waals surface area contributed by atoms with Gasteiger partial charge >= 0.3 is 5.97 Å². The second-order valence-electron chi connectivity index (χ2n) is 5.59. The predicted molar refractivity (Wildman–Crippen MR) is 78.1 cm³/mol. The normalized spacial score (nSPS) is 23.9. The van der Waals surface area contributed by atoms with Crippen molar-refractivity contribution in [1.82, 2.24) is 5.32 Å². The second-order valence-corrected chi connectivity index (χ2v) is 12.5. The van der Waals surface area contributed by atoms with Crippen LogP contribution in [0.4, 0.5) is 0 Å². The topological polar surface area (TPSA) is 55.4 Å². The first-order valence-electron chi connectivity index (χ1n) is 5.90. The number of esters is 1. The van der Waals surface area contributed by atoms with E-state index in [9.17, 15) is 9.59 Å². The number of alkyl halides is 1. The molecule has 0 radical (unpaired) electrons. The van der Waals surface area contributed by atoms with Crippen LogP contribution < -0.4 is 5.32 Å². The summed E-state index contributed by atoms with van der Waals surface area (Å²) in [5.41, 5.74) is 0. The molecule has 0 aromatic heterocycles. The predicted octanol–water partition coefficient (Wildman–Crippen LogP) is 1.95. The van der Waals surface area contributed by atoms with Crippen molar-refractivity contribution in [3.63, 3.8) is 0 Å². The van der Waals surface area contributed by atoms with Crippen LogP contribution in [0.5, 0.6) is 0 Å². The molecule has 98 valence electrons. The molecule has 1 fully saturated rings. The molecule has 1 amide bonds. The molecule has 1 heterocycles. The Kier molecular flexibility index (Phi) is 5.43. The van der Waals surface area contributed by atoms with Crippen LogP contribution in [0.2, 0.25) is 25.7 Å². The van der Waals surface area contributed by atoms with Gasteiger partial charge in [-0.3, -0.25) is 9.59 Å². The molecular weight excluding hydrogens is 349 g/mol. The maximum Gasteiger partial charge on any atom is 0.305 e. The van der Waals surface area contributed by atoms with Gasteiger partial charge in [-0.05, 0) is 12.5 Å². The zero-order chi connectivity index (χ0) is 13.1. The average Bonchev–Trinajstić information content (AvgIpc) is 2.21. The first kappa shape index (κ1) is 14.9. The molecule has 0 aromatic rings. The summed E-state index contributed by atoms with van der Waals surface area (Å²) in [7, 11) is -1.12. The lowest BCUT2D eigenvalue weighted by atomic mass is 10.0. The Morgan fingerprint density at radius 2 is 2.12 bits per heavy atom.